The van der Waals surface area contributed by atoms with Gasteiger partial charge >= 0.3 is 0 Å². The largest absolute Gasteiger partial charge is 0.383 e. The van der Waals surface area contributed by atoms with Crippen molar-refractivity contribution < 1.29 is 4.39 Å². The molecule has 23 heavy (non-hydrogen) atoms. The lowest BCUT2D eigenvalue weighted by atomic mass is 10.1. The zero-order chi connectivity index (χ0) is 16.0. The maximum Gasteiger partial charge on any atom is 0.144 e. The Balaban J connectivity index is 1.84. The van der Waals surface area contributed by atoms with E-state index in [9.17, 15) is 4.39 Å². The Hall–Kier alpha value is -2.98. The summed E-state index contributed by atoms with van der Waals surface area (Å²) in [5.74, 6) is 5.75. The van der Waals surface area contributed by atoms with Crippen LogP contribution in [0.3, 0.4) is 0 Å². The van der Waals surface area contributed by atoms with Crippen LogP contribution < -0.4 is 5.73 Å². The van der Waals surface area contributed by atoms with Crippen LogP contribution in [0.5, 0.6) is 0 Å². The number of hydrogen-bond acceptors (Lipinski definition) is 5. The number of nitrogens with one attached hydrogen (secondary N) is 1. The number of aromatic amines is 1. The highest BCUT2D eigenvalue weighted by molar-refractivity contribution is 7.18. The van der Waals surface area contributed by atoms with E-state index in [-0.39, 0.29) is 5.82 Å². The molecule has 0 spiro atoms. The van der Waals surface area contributed by atoms with Crippen LogP contribution in [0, 0.1) is 24.6 Å². The van der Waals surface area contributed by atoms with Crippen LogP contribution in [0.4, 0.5) is 10.2 Å². The van der Waals surface area contributed by atoms with Gasteiger partial charge in [-0.25, -0.2) is 19.3 Å². The Labute approximate surface area is 134 Å². The topological polar surface area (TPSA) is 80.5 Å². The minimum Gasteiger partial charge on any atom is -0.383 e. The average Bonchev–Trinajstić information content (AvgIpc) is 3.08. The highest BCUT2D eigenvalue weighted by Gasteiger charge is 2.08. The first kappa shape index (κ1) is 13.7. The van der Waals surface area contributed by atoms with Crippen molar-refractivity contribution in [3.8, 4) is 11.8 Å². The van der Waals surface area contributed by atoms with E-state index in [1.54, 1.807) is 12.3 Å². The van der Waals surface area contributed by atoms with Gasteiger partial charge in [0.05, 0.1) is 31.7 Å². The lowest BCUT2D eigenvalue weighted by Gasteiger charge is -1.95. The fraction of sp³-hybridized carbons (Fsp3) is 0.0625. The third-order valence-electron chi connectivity index (χ3n) is 3.42. The van der Waals surface area contributed by atoms with Crippen molar-refractivity contribution in [3.63, 3.8) is 0 Å². The SMILES string of the molecule is Cc1nc2cc(C#Cc3c[nH]c4ncnc(N)c34)c(F)cc2s1. The summed E-state index contributed by atoms with van der Waals surface area (Å²) in [6, 6.07) is 3.13. The van der Waals surface area contributed by atoms with Crippen molar-refractivity contribution in [1.82, 2.24) is 19.9 Å². The number of halogens is 1. The molecule has 0 atom stereocenters. The summed E-state index contributed by atoms with van der Waals surface area (Å²) in [6.45, 7) is 1.89. The first-order valence-corrected chi connectivity index (χ1v) is 7.60. The summed E-state index contributed by atoms with van der Waals surface area (Å²) in [5.41, 5.74) is 8.14. The minimum absolute atomic E-state index is 0.299. The first-order valence-electron chi connectivity index (χ1n) is 6.78. The minimum atomic E-state index is -0.363. The number of nitrogen functional groups attached to an aromatic ring is 1. The van der Waals surface area contributed by atoms with Gasteiger partial charge in [-0.2, -0.15) is 0 Å². The van der Waals surface area contributed by atoms with Gasteiger partial charge in [0.25, 0.3) is 0 Å². The van der Waals surface area contributed by atoms with Crippen LogP contribution in [-0.2, 0) is 0 Å². The second kappa shape index (κ2) is 5.04. The fourth-order valence-electron chi connectivity index (χ4n) is 2.38. The fourth-order valence-corrected chi connectivity index (χ4v) is 3.21. The second-order valence-corrected chi connectivity index (χ2v) is 6.20. The Kier molecular flexibility index (Phi) is 2.99. The highest BCUT2D eigenvalue weighted by atomic mass is 32.1. The molecule has 0 aliphatic heterocycles. The lowest BCUT2D eigenvalue weighted by Crippen LogP contribution is -1.92. The Morgan fingerprint density at radius 3 is 2.91 bits per heavy atom. The summed E-state index contributed by atoms with van der Waals surface area (Å²) in [4.78, 5) is 15.4. The Morgan fingerprint density at radius 1 is 1.22 bits per heavy atom. The number of H-pyrrole nitrogens is 1. The van der Waals surface area contributed by atoms with Crippen LogP contribution >= 0.6 is 11.3 Å². The summed E-state index contributed by atoms with van der Waals surface area (Å²) in [5, 5.41) is 1.54. The van der Waals surface area contributed by atoms with E-state index in [1.807, 2.05) is 6.92 Å². The van der Waals surface area contributed by atoms with E-state index in [2.05, 4.69) is 31.8 Å². The maximum atomic E-state index is 14.2. The normalized spacial score (nSPS) is 10.9. The first-order chi connectivity index (χ1) is 11.1. The van der Waals surface area contributed by atoms with Crippen LogP contribution in [0.1, 0.15) is 16.1 Å². The number of aromatic nitrogens is 4. The maximum absolute atomic E-state index is 14.2. The van der Waals surface area contributed by atoms with Crippen molar-refractivity contribution in [3.05, 3.63) is 46.6 Å². The van der Waals surface area contributed by atoms with Gasteiger partial charge in [-0.05, 0) is 19.1 Å². The van der Waals surface area contributed by atoms with Crippen LogP contribution in [0.15, 0.2) is 24.7 Å². The van der Waals surface area contributed by atoms with Gasteiger partial charge in [0.1, 0.15) is 23.6 Å². The highest BCUT2D eigenvalue weighted by Crippen LogP contribution is 2.25. The summed E-state index contributed by atoms with van der Waals surface area (Å²) >= 11 is 1.46. The summed E-state index contributed by atoms with van der Waals surface area (Å²) < 4.78 is 15.0. The third kappa shape index (κ3) is 2.29. The third-order valence-corrected chi connectivity index (χ3v) is 4.35. The summed E-state index contributed by atoms with van der Waals surface area (Å²) in [6.07, 6.45) is 3.07. The van der Waals surface area contributed by atoms with Crippen molar-refractivity contribution in [2.45, 2.75) is 6.92 Å². The number of aryl methyl sites for hydroxylation is 1. The molecule has 4 rings (SSSR count). The molecule has 0 amide bonds. The predicted molar refractivity (Wildman–Crippen MR) is 88.6 cm³/mol. The molecule has 7 heteroatoms. The van der Waals surface area contributed by atoms with E-state index >= 15 is 0 Å². The standard InChI is InChI=1S/C16H10FN5S/c1-8-22-12-4-9(11(17)5-13(12)23-8)2-3-10-6-19-16-14(10)15(18)20-7-21-16/h4-7H,1H3,(H3,18,19,20,21). The van der Waals surface area contributed by atoms with E-state index in [0.29, 0.717) is 28.0 Å². The number of nitrogens with two attached hydrogens (primary N) is 1. The zero-order valence-electron chi connectivity index (χ0n) is 12.0. The number of thiazole rings is 1. The average molecular weight is 323 g/mol. The molecule has 3 N–H and O–H groups in total. The molecule has 0 bridgehead atoms. The molecule has 0 aliphatic rings. The van der Waals surface area contributed by atoms with Gasteiger partial charge < -0.3 is 10.7 Å². The van der Waals surface area contributed by atoms with Crippen LogP contribution in [0.25, 0.3) is 21.3 Å². The van der Waals surface area contributed by atoms with Crippen molar-refractivity contribution in [2.24, 2.45) is 0 Å². The van der Waals surface area contributed by atoms with Crippen molar-refractivity contribution in [2.75, 3.05) is 5.73 Å². The molecule has 1 aromatic carbocycles. The van der Waals surface area contributed by atoms with E-state index in [4.69, 9.17) is 5.73 Å². The lowest BCUT2D eigenvalue weighted by molar-refractivity contribution is 0.626. The Morgan fingerprint density at radius 2 is 2.04 bits per heavy atom. The summed E-state index contributed by atoms with van der Waals surface area (Å²) in [7, 11) is 0. The quantitative estimate of drug-likeness (QED) is 0.488. The van der Waals surface area contributed by atoms with E-state index < -0.39 is 0 Å². The van der Waals surface area contributed by atoms with Crippen LogP contribution in [0.2, 0.25) is 0 Å². The molecule has 3 aromatic heterocycles. The molecule has 0 saturated carbocycles. The van der Waals surface area contributed by atoms with Gasteiger partial charge in [0, 0.05) is 6.20 Å². The molecule has 5 nitrogen and oxygen atoms in total. The van der Waals surface area contributed by atoms with Crippen molar-refractivity contribution in [1.29, 1.82) is 0 Å². The molecule has 112 valence electrons. The predicted octanol–water partition coefficient (Wildman–Crippen LogP) is 3.00. The van der Waals surface area contributed by atoms with Gasteiger partial charge in [-0.15, -0.1) is 11.3 Å². The van der Waals surface area contributed by atoms with Gasteiger partial charge in [0.2, 0.25) is 0 Å². The van der Waals surface area contributed by atoms with Crippen molar-refractivity contribution >= 4 is 38.4 Å². The number of benzene rings is 1. The molecule has 3 heterocycles. The molecule has 0 radical (unpaired) electrons. The van der Waals surface area contributed by atoms with Gasteiger partial charge in [-0.3, -0.25) is 0 Å². The number of nitrogens with zero attached hydrogens (tertiary/aromatic N) is 3. The number of rotatable bonds is 0. The van der Waals surface area contributed by atoms with Gasteiger partial charge in [0.15, 0.2) is 0 Å². The van der Waals surface area contributed by atoms with Crippen LogP contribution in [-0.4, -0.2) is 19.9 Å². The number of hydrogen-bond donors (Lipinski definition) is 2. The second-order valence-electron chi connectivity index (χ2n) is 4.97. The smallest absolute Gasteiger partial charge is 0.144 e. The molecule has 4 aromatic rings. The molecular formula is C16H10FN5S. The molecule has 0 fully saturated rings. The molecule has 0 saturated heterocycles. The molecular weight excluding hydrogens is 313 g/mol. The molecule has 0 unspecified atom stereocenters. The monoisotopic (exact) mass is 323 g/mol. The number of fused-ring (bicyclic) bond motifs is 2. The van der Waals surface area contributed by atoms with E-state index in [0.717, 1.165) is 15.2 Å². The number of anilines is 1. The zero-order valence-corrected chi connectivity index (χ0v) is 12.8. The van der Waals surface area contributed by atoms with Gasteiger partial charge in [-0.1, -0.05) is 11.8 Å². The Bertz CT molecular complexity index is 1120. The van der Waals surface area contributed by atoms with E-state index in [1.165, 1.54) is 23.7 Å². The molecule has 0 aliphatic carbocycles.